The SMILES string of the molecule is CCn1cc(Nc2ncc3nnn(-c4ccc(O)cc4)c3n2)cn1. The highest BCUT2D eigenvalue weighted by atomic mass is 16.3. The minimum absolute atomic E-state index is 0.188. The van der Waals surface area contributed by atoms with Gasteiger partial charge in [0.15, 0.2) is 11.2 Å². The number of rotatable bonds is 4. The molecule has 0 aliphatic rings. The van der Waals surface area contributed by atoms with Crippen molar-refractivity contribution in [1.82, 2.24) is 34.7 Å². The second-order valence-electron chi connectivity index (χ2n) is 5.13. The third kappa shape index (κ3) is 2.51. The maximum atomic E-state index is 9.41. The molecule has 0 aliphatic heterocycles. The monoisotopic (exact) mass is 322 g/mol. The van der Waals surface area contributed by atoms with Crippen LogP contribution >= 0.6 is 0 Å². The first-order chi connectivity index (χ1) is 11.7. The molecule has 9 nitrogen and oxygen atoms in total. The fourth-order valence-electron chi connectivity index (χ4n) is 2.29. The van der Waals surface area contributed by atoms with Crippen molar-refractivity contribution in [2.45, 2.75) is 13.5 Å². The van der Waals surface area contributed by atoms with Crippen LogP contribution in [0.4, 0.5) is 11.6 Å². The summed E-state index contributed by atoms with van der Waals surface area (Å²) in [6.45, 7) is 2.81. The van der Waals surface area contributed by atoms with Crippen molar-refractivity contribution in [3.63, 3.8) is 0 Å². The normalized spacial score (nSPS) is 11.0. The number of nitrogens with one attached hydrogen (secondary N) is 1. The van der Waals surface area contributed by atoms with Gasteiger partial charge in [0.05, 0.1) is 23.8 Å². The van der Waals surface area contributed by atoms with Crippen molar-refractivity contribution in [3.8, 4) is 11.4 Å². The molecular weight excluding hydrogens is 308 g/mol. The largest absolute Gasteiger partial charge is 0.508 e. The number of nitrogens with zero attached hydrogens (tertiary/aromatic N) is 7. The standard InChI is InChI=1S/C15H14N8O/c1-2-22-9-10(7-17-22)18-15-16-8-13-14(19-15)23(21-20-13)11-3-5-12(24)6-4-11/h3-9,24H,2H2,1H3,(H,16,18,19). The number of hydrogen-bond acceptors (Lipinski definition) is 7. The highest BCUT2D eigenvalue weighted by molar-refractivity contribution is 5.72. The Morgan fingerprint density at radius 2 is 2.00 bits per heavy atom. The second-order valence-corrected chi connectivity index (χ2v) is 5.13. The van der Waals surface area contributed by atoms with Crippen LogP contribution in [0, 0.1) is 0 Å². The van der Waals surface area contributed by atoms with E-state index in [0.717, 1.165) is 17.9 Å². The first-order valence-electron chi connectivity index (χ1n) is 7.40. The van der Waals surface area contributed by atoms with Crippen LogP contribution in [0.1, 0.15) is 6.92 Å². The Labute approximate surface area is 136 Å². The van der Waals surface area contributed by atoms with Gasteiger partial charge in [-0.15, -0.1) is 5.10 Å². The summed E-state index contributed by atoms with van der Waals surface area (Å²) in [6, 6.07) is 6.65. The van der Waals surface area contributed by atoms with E-state index in [9.17, 15) is 5.11 Å². The van der Waals surface area contributed by atoms with Gasteiger partial charge in [0.2, 0.25) is 5.95 Å². The molecular formula is C15H14N8O. The summed E-state index contributed by atoms with van der Waals surface area (Å²) in [4.78, 5) is 8.72. The fourth-order valence-corrected chi connectivity index (χ4v) is 2.29. The molecule has 0 saturated heterocycles. The molecule has 0 amide bonds. The van der Waals surface area contributed by atoms with E-state index < -0.39 is 0 Å². The summed E-state index contributed by atoms with van der Waals surface area (Å²) >= 11 is 0. The molecule has 0 aliphatic carbocycles. The molecule has 0 fully saturated rings. The van der Waals surface area contributed by atoms with Crippen LogP contribution in [0.25, 0.3) is 16.9 Å². The van der Waals surface area contributed by atoms with Gasteiger partial charge < -0.3 is 10.4 Å². The lowest BCUT2D eigenvalue weighted by atomic mass is 10.3. The fraction of sp³-hybridized carbons (Fsp3) is 0.133. The van der Waals surface area contributed by atoms with E-state index in [1.807, 2.05) is 17.8 Å². The van der Waals surface area contributed by atoms with Gasteiger partial charge in [0.1, 0.15) is 5.75 Å². The first-order valence-corrected chi connectivity index (χ1v) is 7.40. The zero-order valence-electron chi connectivity index (χ0n) is 12.8. The van der Waals surface area contributed by atoms with Crippen molar-refractivity contribution < 1.29 is 5.11 Å². The highest BCUT2D eigenvalue weighted by Gasteiger charge is 2.10. The first kappa shape index (κ1) is 14.1. The minimum atomic E-state index is 0.188. The molecule has 2 N–H and O–H groups in total. The van der Waals surface area contributed by atoms with Gasteiger partial charge in [0.25, 0.3) is 0 Å². The Bertz CT molecular complexity index is 988. The Hall–Kier alpha value is -3.49. The van der Waals surface area contributed by atoms with Crippen molar-refractivity contribution in [1.29, 1.82) is 0 Å². The molecule has 0 unspecified atom stereocenters. The summed E-state index contributed by atoms with van der Waals surface area (Å²) in [5.74, 6) is 0.619. The number of aromatic hydroxyl groups is 1. The van der Waals surface area contributed by atoms with Gasteiger partial charge in [0, 0.05) is 12.7 Å². The average Bonchev–Trinajstić information content (AvgIpc) is 3.22. The van der Waals surface area contributed by atoms with Crippen molar-refractivity contribution in [2.24, 2.45) is 0 Å². The number of anilines is 2. The summed E-state index contributed by atoms with van der Waals surface area (Å²) in [6.07, 6.45) is 5.20. The van der Waals surface area contributed by atoms with Crippen LogP contribution in [-0.2, 0) is 6.54 Å². The van der Waals surface area contributed by atoms with Crippen LogP contribution in [0.3, 0.4) is 0 Å². The van der Waals surface area contributed by atoms with E-state index in [-0.39, 0.29) is 5.75 Å². The summed E-state index contributed by atoms with van der Waals surface area (Å²) < 4.78 is 3.40. The van der Waals surface area contributed by atoms with Gasteiger partial charge in [-0.3, -0.25) is 4.68 Å². The smallest absolute Gasteiger partial charge is 0.229 e. The van der Waals surface area contributed by atoms with E-state index in [0.29, 0.717) is 17.1 Å². The summed E-state index contributed by atoms with van der Waals surface area (Å²) in [5, 5.41) is 24.9. The lowest BCUT2D eigenvalue weighted by molar-refractivity contribution is 0.475. The molecule has 1 aromatic carbocycles. The Morgan fingerprint density at radius 3 is 2.75 bits per heavy atom. The van der Waals surface area contributed by atoms with Crippen LogP contribution in [0.15, 0.2) is 42.9 Å². The summed E-state index contributed by atoms with van der Waals surface area (Å²) in [7, 11) is 0. The quantitative estimate of drug-likeness (QED) is 0.590. The Morgan fingerprint density at radius 1 is 1.17 bits per heavy atom. The van der Waals surface area contributed by atoms with Gasteiger partial charge >= 0.3 is 0 Å². The lowest BCUT2D eigenvalue weighted by Crippen LogP contribution is -2.01. The van der Waals surface area contributed by atoms with E-state index in [1.54, 1.807) is 41.3 Å². The average molecular weight is 322 g/mol. The van der Waals surface area contributed by atoms with Crippen LogP contribution in [0.2, 0.25) is 0 Å². The predicted octanol–water partition coefficient (Wildman–Crippen LogP) is 1.88. The number of hydrogen-bond donors (Lipinski definition) is 2. The number of phenolic OH excluding ortho intramolecular Hbond substituents is 1. The van der Waals surface area contributed by atoms with Crippen molar-refractivity contribution >= 4 is 22.8 Å². The molecule has 0 radical (unpaired) electrons. The van der Waals surface area contributed by atoms with Crippen LogP contribution < -0.4 is 5.32 Å². The lowest BCUT2D eigenvalue weighted by Gasteiger charge is -2.04. The molecule has 9 heteroatoms. The zero-order chi connectivity index (χ0) is 16.5. The van der Waals surface area contributed by atoms with Crippen molar-refractivity contribution in [2.75, 3.05) is 5.32 Å². The molecule has 0 atom stereocenters. The second kappa shape index (κ2) is 5.61. The number of phenols is 1. The number of fused-ring (bicyclic) bond motifs is 1. The van der Waals surface area contributed by atoms with E-state index in [2.05, 4.69) is 30.7 Å². The molecule has 0 spiro atoms. The molecule has 3 aromatic heterocycles. The van der Waals surface area contributed by atoms with Gasteiger partial charge in [-0.05, 0) is 31.2 Å². The molecule has 0 saturated carbocycles. The minimum Gasteiger partial charge on any atom is -0.508 e. The van der Waals surface area contributed by atoms with Gasteiger partial charge in [-0.2, -0.15) is 14.8 Å². The van der Waals surface area contributed by atoms with E-state index in [1.165, 1.54) is 0 Å². The molecule has 120 valence electrons. The van der Waals surface area contributed by atoms with Crippen LogP contribution in [-0.4, -0.2) is 39.8 Å². The third-order valence-electron chi connectivity index (χ3n) is 3.50. The van der Waals surface area contributed by atoms with Crippen molar-refractivity contribution in [3.05, 3.63) is 42.9 Å². The third-order valence-corrected chi connectivity index (χ3v) is 3.50. The zero-order valence-corrected chi connectivity index (χ0v) is 12.8. The van der Waals surface area contributed by atoms with Gasteiger partial charge in [-0.25, -0.2) is 4.98 Å². The molecule has 0 bridgehead atoms. The topological polar surface area (TPSA) is 107 Å². The Balaban J connectivity index is 1.71. The van der Waals surface area contributed by atoms with Crippen LogP contribution in [0.5, 0.6) is 5.75 Å². The van der Waals surface area contributed by atoms with E-state index in [4.69, 9.17) is 0 Å². The van der Waals surface area contributed by atoms with Gasteiger partial charge in [-0.1, -0.05) is 5.21 Å². The highest BCUT2D eigenvalue weighted by Crippen LogP contribution is 2.19. The number of aromatic nitrogens is 7. The molecule has 4 aromatic rings. The number of benzene rings is 1. The maximum Gasteiger partial charge on any atom is 0.229 e. The Kier molecular flexibility index (Phi) is 3.30. The maximum absolute atomic E-state index is 9.41. The predicted molar refractivity (Wildman–Crippen MR) is 87.3 cm³/mol. The molecule has 3 heterocycles. The number of aryl methyl sites for hydroxylation is 1. The molecule has 24 heavy (non-hydrogen) atoms. The summed E-state index contributed by atoms with van der Waals surface area (Å²) in [5.41, 5.74) is 2.71. The molecule has 4 rings (SSSR count). The van der Waals surface area contributed by atoms with E-state index >= 15 is 0 Å².